The molecule has 106 valence electrons. The number of aromatic nitrogens is 2. The Morgan fingerprint density at radius 2 is 2.16 bits per heavy atom. The van der Waals surface area contributed by atoms with E-state index in [4.69, 9.17) is 9.72 Å². The molecule has 0 atom stereocenters. The van der Waals surface area contributed by atoms with Crippen molar-refractivity contribution in [2.24, 2.45) is 0 Å². The Balaban J connectivity index is 2.20. The molecule has 0 saturated heterocycles. The quantitative estimate of drug-likeness (QED) is 0.780. The monoisotopic (exact) mass is 264 g/mol. The zero-order valence-electron chi connectivity index (χ0n) is 12.1. The fourth-order valence-electron chi connectivity index (χ4n) is 2.05. The second-order valence-corrected chi connectivity index (χ2v) is 4.85. The third-order valence-electron chi connectivity index (χ3n) is 3.30. The predicted octanol–water partition coefficient (Wildman–Crippen LogP) is 2.26. The topological polar surface area (TPSA) is 50.3 Å². The van der Waals surface area contributed by atoms with Crippen LogP contribution in [0.3, 0.4) is 0 Å². The molecule has 0 radical (unpaired) electrons. The summed E-state index contributed by atoms with van der Waals surface area (Å²) in [7, 11) is 1.73. The van der Waals surface area contributed by atoms with Crippen LogP contribution in [-0.2, 0) is 4.74 Å². The summed E-state index contributed by atoms with van der Waals surface area (Å²) in [4.78, 5) is 11.6. The van der Waals surface area contributed by atoms with Gasteiger partial charge in [-0.25, -0.2) is 9.97 Å². The zero-order valence-corrected chi connectivity index (χ0v) is 12.1. The first-order valence-corrected chi connectivity index (χ1v) is 7.15. The third kappa shape index (κ3) is 3.80. The Hall–Kier alpha value is -1.36. The lowest BCUT2D eigenvalue weighted by molar-refractivity contribution is 0.205. The van der Waals surface area contributed by atoms with Crippen LogP contribution in [0.25, 0.3) is 0 Å². The molecule has 0 spiro atoms. The van der Waals surface area contributed by atoms with Gasteiger partial charge in [-0.15, -0.1) is 0 Å². The second kappa shape index (κ2) is 6.70. The van der Waals surface area contributed by atoms with Gasteiger partial charge in [0.05, 0.1) is 6.61 Å². The molecular weight excluding hydrogens is 240 g/mol. The minimum Gasteiger partial charge on any atom is -0.383 e. The average Bonchev–Trinajstić information content (AvgIpc) is 3.24. The molecule has 1 N–H and O–H groups in total. The van der Waals surface area contributed by atoms with Crippen molar-refractivity contribution >= 4 is 11.6 Å². The maximum atomic E-state index is 5.16. The molecule has 5 nitrogen and oxygen atoms in total. The van der Waals surface area contributed by atoms with Gasteiger partial charge in [0, 0.05) is 38.7 Å². The molecule has 1 fully saturated rings. The van der Waals surface area contributed by atoms with E-state index in [2.05, 4.69) is 29.0 Å². The first-order valence-electron chi connectivity index (χ1n) is 7.15. The molecule has 0 unspecified atom stereocenters. The van der Waals surface area contributed by atoms with Gasteiger partial charge in [-0.05, 0) is 26.7 Å². The summed E-state index contributed by atoms with van der Waals surface area (Å²) in [6, 6.07) is 2.04. The lowest BCUT2D eigenvalue weighted by atomic mass is 10.3. The normalized spacial score (nSPS) is 14.5. The number of hydrogen-bond donors (Lipinski definition) is 1. The Morgan fingerprint density at radius 3 is 2.74 bits per heavy atom. The van der Waals surface area contributed by atoms with E-state index < -0.39 is 0 Å². The van der Waals surface area contributed by atoms with Crippen LogP contribution in [0.4, 0.5) is 11.6 Å². The van der Waals surface area contributed by atoms with E-state index in [0.717, 1.165) is 37.1 Å². The van der Waals surface area contributed by atoms with Crippen LogP contribution in [0, 0.1) is 0 Å². The van der Waals surface area contributed by atoms with Crippen LogP contribution in [0.1, 0.15) is 38.4 Å². The van der Waals surface area contributed by atoms with Crippen LogP contribution in [0.2, 0.25) is 0 Å². The van der Waals surface area contributed by atoms with Gasteiger partial charge in [-0.1, -0.05) is 0 Å². The highest BCUT2D eigenvalue weighted by Crippen LogP contribution is 2.39. The molecule has 1 aliphatic rings. The highest BCUT2D eigenvalue weighted by molar-refractivity contribution is 5.50. The van der Waals surface area contributed by atoms with Crippen molar-refractivity contribution in [3.05, 3.63) is 11.9 Å². The van der Waals surface area contributed by atoms with E-state index in [9.17, 15) is 0 Å². The molecule has 19 heavy (non-hydrogen) atoms. The molecule has 0 aliphatic heterocycles. The van der Waals surface area contributed by atoms with Crippen LogP contribution in [0.5, 0.6) is 0 Å². The number of likely N-dealkylation sites (N-methyl/N-ethyl adjacent to an activating group) is 1. The summed E-state index contributed by atoms with van der Waals surface area (Å²) in [5.74, 6) is 3.50. The molecule has 2 rings (SSSR count). The maximum absolute atomic E-state index is 5.16. The Kier molecular flexibility index (Phi) is 4.96. The largest absolute Gasteiger partial charge is 0.383 e. The van der Waals surface area contributed by atoms with Gasteiger partial charge in [0.15, 0.2) is 0 Å². The van der Waals surface area contributed by atoms with Crippen molar-refractivity contribution < 1.29 is 4.74 Å². The summed E-state index contributed by atoms with van der Waals surface area (Å²) in [6.45, 7) is 7.61. The van der Waals surface area contributed by atoms with Crippen LogP contribution < -0.4 is 10.2 Å². The Morgan fingerprint density at radius 1 is 1.37 bits per heavy atom. The zero-order chi connectivity index (χ0) is 13.7. The number of ether oxygens (including phenoxy) is 1. The minimum absolute atomic E-state index is 0.568. The van der Waals surface area contributed by atoms with Gasteiger partial charge in [0.25, 0.3) is 0 Å². The molecule has 0 amide bonds. The number of anilines is 2. The minimum atomic E-state index is 0.568. The van der Waals surface area contributed by atoms with E-state index in [0.29, 0.717) is 12.5 Å². The number of nitrogens with one attached hydrogen (secondary N) is 1. The van der Waals surface area contributed by atoms with Crippen molar-refractivity contribution in [3.63, 3.8) is 0 Å². The van der Waals surface area contributed by atoms with Crippen molar-refractivity contribution in [2.45, 2.75) is 32.6 Å². The van der Waals surface area contributed by atoms with E-state index in [1.807, 2.05) is 6.07 Å². The van der Waals surface area contributed by atoms with E-state index >= 15 is 0 Å². The summed E-state index contributed by atoms with van der Waals surface area (Å²) >= 11 is 0. The van der Waals surface area contributed by atoms with Gasteiger partial charge in [0.1, 0.15) is 17.5 Å². The highest BCUT2D eigenvalue weighted by Gasteiger charge is 2.27. The second-order valence-electron chi connectivity index (χ2n) is 4.85. The molecule has 1 aromatic rings. The van der Waals surface area contributed by atoms with Crippen LogP contribution in [0.15, 0.2) is 6.07 Å². The highest BCUT2D eigenvalue weighted by atomic mass is 16.5. The van der Waals surface area contributed by atoms with Crippen molar-refractivity contribution in [1.29, 1.82) is 0 Å². The smallest absolute Gasteiger partial charge is 0.136 e. The van der Waals surface area contributed by atoms with E-state index in [1.165, 1.54) is 12.8 Å². The van der Waals surface area contributed by atoms with Crippen LogP contribution >= 0.6 is 0 Å². The SMILES string of the molecule is CCNc1cc(N(CC)CCOC)nc(C2CC2)n1. The molecule has 0 aromatic carbocycles. The molecule has 1 aliphatic carbocycles. The third-order valence-corrected chi connectivity index (χ3v) is 3.30. The predicted molar refractivity (Wildman–Crippen MR) is 77.9 cm³/mol. The summed E-state index contributed by atoms with van der Waals surface area (Å²) in [5, 5.41) is 3.30. The molecule has 1 heterocycles. The van der Waals surface area contributed by atoms with Gasteiger partial charge in [-0.2, -0.15) is 0 Å². The summed E-state index contributed by atoms with van der Waals surface area (Å²) in [6.07, 6.45) is 2.44. The van der Waals surface area contributed by atoms with Crippen molar-refractivity contribution in [2.75, 3.05) is 43.6 Å². The van der Waals surface area contributed by atoms with Crippen molar-refractivity contribution in [3.8, 4) is 0 Å². The molecule has 1 saturated carbocycles. The van der Waals surface area contributed by atoms with Gasteiger partial charge >= 0.3 is 0 Å². The fourth-order valence-corrected chi connectivity index (χ4v) is 2.05. The Bertz CT molecular complexity index is 406. The van der Waals surface area contributed by atoms with Crippen LogP contribution in [-0.4, -0.2) is 43.3 Å². The standard InChI is InChI=1S/C14H24N4O/c1-4-15-12-10-13(18(5-2)8-9-19-3)17-14(16-12)11-6-7-11/h10-11H,4-9H2,1-3H3,(H,15,16,17). The first-order chi connectivity index (χ1) is 9.28. The Labute approximate surface area is 115 Å². The lowest BCUT2D eigenvalue weighted by Crippen LogP contribution is -2.28. The number of methoxy groups -OCH3 is 1. The van der Waals surface area contributed by atoms with Gasteiger partial charge < -0.3 is 15.0 Å². The molecule has 5 heteroatoms. The van der Waals surface area contributed by atoms with Crippen molar-refractivity contribution in [1.82, 2.24) is 9.97 Å². The number of nitrogens with zero attached hydrogens (tertiary/aromatic N) is 3. The fraction of sp³-hybridized carbons (Fsp3) is 0.714. The summed E-state index contributed by atoms with van der Waals surface area (Å²) < 4.78 is 5.16. The molecule has 1 aromatic heterocycles. The molecule has 0 bridgehead atoms. The molecular formula is C14H24N4O. The summed E-state index contributed by atoms with van der Waals surface area (Å²) in [5.41, 5.74) is 0. The first kappa shape index (κ1) is 14.1. The van der Waals surface area contributed by atoms with Gasteiger partial charge in [0.2, 0.25) is 0 Å². The lowest BCUT2D eigenvalue weighted by Gasteiger charge is -2.22. The maximum Gasteiger partial charge on any atom is 0.136 e. The number of rotatable bonds is 8. The average molecular weight is 264 g/mol. The number of hydrogen-bond acceptors (Lipinski definition) is 5. The van der Waals surface area contributed by atoms with Gasteiger partial charge in [-0.3, -0.25) is 0 Å². The van der Waals surface area contributed by atoms with E-state index in [1.54, 1.807) is 7.11 Å². The van der Waals surface area contributed by atoms with E-state index in [-0.39, 0.29) is 0 Å².